The van der Waals surface area contributed by atoms with Gasteiger partial charge in [0, 0.05) is 29.1 Å². The van der Waals surface area contributed by atoms with E-state index in [4.69, 9.17) is 0 Å². The van der Waals surface area contributed by atoms with Crippen molar-refractivity contribution in [2.75, 3.05) is 0 Å². The minimum Gasteiger partial charge on any atom is -0.344 e. The van der Waals surface area contributed by atoms with E-state index in [1.165, 1.54) is 0 Å². The zero-order valence-electron chi connectivity index (χ0n) is 19.3. The smallest absolute Gasteiger partial charge is 0.344 e. The van der Waals surface area contributed by atoms with Crippen molar-refractivity contribution in [2.24, 2.45) is 0 Å². The minimum absolute atomic E-state index is 0.130. The van der Waals surface area contributed by atoms with E-state index in [-0.39, 0.29) is 5.69 Å². The molecule has 0 spiro atoms. The highest BCUT2D eigenvalue weighted by Crippen LogP contribution is 2.26. The summed E-state index contributed by atoms with van der Waals surface area (Å²) in [6.45, 7) is 5.58. The Morgan fingerprint density at radius 2 is 1.40 bits per heavy atom. The highest BCUT2D eigenvalue weighted by molar-refractivity contribution is 5.94. The fourth-order valence-corrected chi connectivity index (χ4v) is 3.33. The van der Waals surface area contributed by atoms with Crippen LogP contribution in [-0.4, -0.2) is 25.8 Å². The minimum atomic E-state index is -4.63. The molecule has 1 amide bonds. The summed E-state index contributed by atoms with van der Waals surface area (Å²) in [7, 11) is 0. The van der Waals surface area contributed by atoms with E-state index in [1.807, 2.05) is 62.4 Å². The molecule has 0 fully saturated rings. The molecule has 178 valence electrons. The maximum absolute atomic E-state index is 13.1. The third kappa shape index (κ3) is 5.68. The number of carbonyl (C=O) groups is 1. The van der Waals surface area contributed by atoms with Crippen LogP contribution in [0.3, 0.4) is 0 Å². The number of carbonyl (C=O) groups excluding carboxylic acids is 1. The molecule has 9 heteroatoms. The van der Waals surface area contributed by atoms with Gasteiger partial charge in [0.2, 0.25) is 5.82 Å². The number of aromatic nitrogens is 4. The number of aryl methyl sites for hydroxylation is 2. The summed E-state index contributed by atoms with van der Waals surface area (Å²) in [4.78, 5) is 29.0. The summed E-state index contributed by atoms with van der Waals surface area (Å²) in [5, 5.41) is 2.76. The normalized spacial score (nSPS) is 12.3. The molecule has 35 heavy (non-hydrogen) atoms. The van der Waals surface area contributed by atoms with Gasteiger partial charge in [-0.2, -0.15) is 13.2 Å². The van der Waals surface area contributed by atoms with E-state index < -0.39 is 23.9 Å². The third-order valence-corrected chi connectivity index (χ3v) is 5.39. The topological polar surface area (TPSA) is 80.7 Å². The first-order valence-electron chi connectivity index (χ1n) is 10.8. The highest BCUT2D eigenvalue weighted by Gasteiger charge is 2.34. The number of nitrogens with one attached hydrogen (secondary N) is 1. The molecule has 2 heterocycles. The zero-order chi connectivity index (χ0) is 25.2. The zero-order valence-corrected chi connectivity index (χ0v) is 19.3. The molecule has 0 bridgehead atoms. The van der Waals surface area contributed by atoms with E-state index >= 15 is 0 Å². The summed E-state index contributed by atoms with van der Waals surface area (Å²) in [6, 6.07) is 16.3. The number of hydrogen-bond donors (Lipinski definition) is 1. The Hall–Kier alpha value is -4.14. The van der Waals surface area contributed by atoms with Crippen molar-refractivity contribution in [3.8, 4) is 22.6 Å². The third-order valence-electron chi connectivity index (χ3n) is 5.39. The predicted octanol–water partition coefficient (Wildman–Crippen LogP) is 5.73. The van der Waals surface area contributed by atoms with Crippen LogP contribution in [0.4, 0.5) is 13.2 Å². The molecular weight excluding hydrogens is 455 g/mol. The van der Waals surface area contributed by atoms with E-state index in [0.717, 1.165) is 34.6 Å². The Morgan fingerprint density at radius 1 is 0.857 bits per heavy atom. The number of halogens is 3. The van der Waals surface area contributed by atoms with Crippen LogP contribution in [0.2, 0.25) is 0 Å². The first-order valence-corrected chi connectivity index (χ1v) is 10.8. The van der Waals surface area contributed by atoms with Gasteiger partial charge >= 0.3 is 6.18 Å². The van der Waals surface area contributed by atoms with Crippen LogP contribution in [0.15, 0.2) is 67.0 Å². The summed E-state index contributed by atoms with van der Waals surface area (Å²) in [5.41, 5.74) is 4.78. The molecule has 0 aliphatic carbocycles. The second-order valence-electron chi connectivity index (χ2n) is 8.23. The number of nitrogens with zero attached hydrogens (tertiary/aromatic N) is 4. The van der Waals surface area contributed by atoms with Gasteiger partial charge in [-0.05, 0) is 26.8 Å². The van der Waals surface area contributed by atoms with Gasteiger partial charge in [0.1, 0.15) is 5.69 Å². The lowest BCUT2D eigenvalue weighted by atomic mass is 10.1. The van der Waals surface area contributed by atoms with E-state index in [2.05, 4.69) is 25.3 Å². The van der Waals surface area contributed by atoms with Gasteiger partial charge < -0.3 is 5.32 Å². The van der Waals surface area contributed by atoms with Crippen molar-refractivity contribution < 1.29 is 18.0 Å². The molecule has 0 aliphatic rings. The summed E-state index contributed by atoms with van der Waals surface area (Å²) in [5.74, 6) is -1.35. The molecule has 0 saturated carbocycles. The second kappa shape index (κ2) is 9.61. The quantitative estimate of drug-likeness (QED) is 0.397. The Morgan fingerprint density at radius 3 is 1.94 bits per heavy atom. The lowest BCUT2D eigenvalue weighted by Gasteiger charge is -2.15. The Bertz CT molecular complexity index is 1270. The van der Waals surface area contributed by atoms with Gasteiger partial charge in [-0.1, -0.05) is 59.7 Å². The van der Waals surface area contributed by atoms with Gasteiger partial charge in [-0.15, -0.1) is 0 Å². The first kappa shape index (κ1) is 24.0. The van der Waals surface area contributed by atoms with E-state index in [1.54, 1.807) is 13.0 Å². The molecule has 1 N–H and O–H groups in total. The Labute approximate surface area is 200 Å². The molecule has 4 rings (SSSR count). The number of alkyl halides is 3. The molecule has 0 unspecified atom stereocenters. The molecular formula is C26H22F3N5O. The van der Waals surface area contributed by atoms with E-state index in [0.29, 0.717) is 17.1 Å². The standard InChI is InChI=1S/C26H22F3N5O/c1-15-4-8-18(9-5-15)21-12-22(34-23(33-21)19-10-6-16(2)7-11-19)24(35)32-17(3)20-13-30-25(31-14-20)26(27,28)29/h4-14,17H,1-3H3,(H,32,35)/t17-/m1/s1. The van der Waals surface area contributed by atoms with Crippen molar-refractivity contribution in [2.45, 2.75) is 33.0 Å². The van der Waals surface area contributed by atoms with Crippen molar-refractivity contribution in [3.63, 3.8) is 0 Å². The largest absolute Gasteiger partial charge is 0.451 e. The van der Waals surface area contributed by atoms with Gasteiger partial charge in [-0.25, -0.2) is 19.9 Å². The van der Waals surface area contributed by atoms with Crippen molar-refractivity contribution in [1.82, 2.24) is 25.3 Å². The lowest BCUT2D eigenvalue weighted by molar-refractivity contribution is -0.145. The summed E-state index contributed by atoms with van der Waals surface area (Å²) < 4.78 is 38.2. The maximum atomic E-state index is 13.1. The van der Waals surface area contributed by atoms with Crippen molar-refractivity contribution in [3.05, 3.63) is 95.2 Å². The predicted molar refractivity (Wildman–Crippen MR) is 125 cm³/mol. The number of rotatable bonds is 5. The van der Waals surface area contributed by atoms with Crippen LogP contribution >= 0.6 is 0 Å². The molecule has 0 saturated heterocycles. The molecule has 0 radical (unpaired) electrons. The van der Waals surface area contributed by atoms with Crippen LogP contribution < -0.4 is 5.32 Å². The average Bonchev–Trinajstić information content (AvgIpc) is 2.84. The second-order valence-corrected chi connectivity index (χ2v) is 8.23. The van der Waals surface area contributed by atoms with Crippen molar-refractivity contribution >= 4 is 5.91 Å². The number of benzene rings is 2. The van der Waals surface area contributed by atoms with Crippen LogP contribution in [0.1, 0.15) is 46.0 Å². The average molecular weight is 477 g/mol. The molecule has 6 nitrogen and oxygen atoms in total. The lowest BCUT2D eigenvalue weighted by Crippen LogP contribution is -2.28. The Kier molecular flexibility index (Phi) is 6.59. The number of hydrogen-bond acceptors (Lipinski definition) is 5. The maximum Gasteiger partial charge on any atom is 0.451 e. The van der Waals surface area contributed by atoms with E-state index in [9.17, 15) is 18.0 Å². The van der Waals surface area contributed by atoms with Crippen LogP contribution in [0.5, 0.6) is 0 Å². The van der Waals surface area contributed by atoms with Gasteiger partial charge in [-0.3, -0.25) is 4.79 Å². The molecule has 2 aromatic heterocycles. The summed E-state index contributed by atoms with van der Waals surface area (Å²) in [6.07, 6.45) is -2.53. The molecule has 0 aliphatic heterocycles. The molecule has 2 aromatic carbocycles. The number of amides is 1. The summed E-state index contributed by atoms with van der Waals surface area (Å²) >= 11 is 0. The molecule has 4 aromatic rings. The monoisotopic (exact) mass is 477 g/mol. The fraction of sp³-hybridized carbons (Fsp3) is 0.192. The molecule has 1 atom stereocenters. The first-order chi connectivity index (χ1) is 16.6. The Balaban J connectivity index is 1.66. The van der Waals surface area contributed by atoms with Crippen LogP contribution in [-0.2, 0) is 6.18 Å². The van der Waals surface area contributed by atoms with Gasteiger partial charge in [0.15, 0.2) is 5.82 Å². The fourth-order valence-electron chi connectivity index (χ4n) is 3.33. The highest BCUT2D eigenvalue weighted by atomic mass is 19.4. The van der Waals surface area contributed by atoms with Crippen LogP contribution in [0, 0.1) is 13.8 Å². The SMILES string of the molecule is Cc1ccc(-c2cc(C(=O)N[C@H](C)c3cnc(C(F)(F)F)nc3)nc(-c3ccc(C)cc3)n2)cc1. The van der Waals surface area contributed by atoms with Crippen molar-refractivity contribution in [1.29, 1.82) is 0 Å². The van der Waals surface area contributed by atoms with Gasteiger partial charge in [0.25, 0.3) is 5.91 Å². The van der Waals surface area contributed by atoms with Crippen LogP contribution in [0.25, 0.3) is 22.6 Å². The van der Waals surface area contributed by atoms with Gasteiger partial charge in [0.05, 0.1) is 11.7 Å².